The molecule has 0 amide bonds. The molecule has 64 valence electrons. The number of rotatable bonds is 3. The second-order valence-electron chi connectivity index (χ2n) is 2.45. The zero-order chi connectivity index (χ0) is 8.97. The van der Waals surface area contributed by atoms with Crippen molar-refractivity contribution >= 4 is 40.5 Å². The van der Waals surface area contributed by atoms with E-state index in [4.69, 9.17) is 11.6 Å². The maximum atomic E-state index is 10.1. The van der Waals surface area contributed by atoms with Crippen LogP contribution in [-0.2, 0) is 11.2 Å². The third-order valence-corrected chi connectivity index (χ3v) is 3.11. The molecule has 0 aliphatic rings. The van der Waals surface area contributed by atoms with Gasteiger partial charge in [0.2, 0.25) is 0 Å². The summed E-state index contributed by atoms with van der Waals surface area (Å²) in [6, 6.07) is 5.87. The summed E-state index contributed by atoms with van der Waals surface area (Å²) in [6.07, 6.45) is 2.27. The molecule has 1 aromatic rings. The third kappa shape index (κ3) is 2.75. The van der Waals surface area contributed by atoms with Crippen molar-refractivity contribution in [2.45, 2.75) is 12.8 Å². The van der Waals surface area contributed by atoms with E-state index < -0.39 is 0 Å². The van der Waals surface area contributed by atoms with Crippen molar-refractivity contribution in [3.05, 3.63) is 32.4 Å². The number of carbonyl (C=O) groups excluding carboxylic acids is 1. The summed E-state index contributed by atoms with van der Waals surface area (Å²) in [5.41, 5.74) is 1.12. The van der Waals surface area contributed by atoms with Crippen LogP contribution in [-0.4, -0.2) is 6.29 Å². The number of aldehydes is 1. The summed E-state index contributed by atoms with van der Waals surface area (Å²) >= 11 is 8.07. The fourth-order valence-corrected chi connectivity index (χ4v) is 1.46. The number of carbonyl (C=O) groups is 1. The first-order valence-electron chi connectivity index (χ1n) is 3.61. The Balaban J connectivity index is 2.75. The van der Waals surface area contributed by atoms with E-state index >= 15 is 0 Å². The maximum absolute atomic E-state index is 10.1. The van der Waals surface area contributed by atoms with Gasteiger partial charge in [-0.05, 0) is 46.7 Å². The molecule has 1 nitrogen and oxygen atoms in total. The number of halogens is 2. The Morgan fingerprint density at radius 3 is 2.83 bits per heavy atom. The molecule has 0 N–H and O–H groups in total. The molecule has 0 fully saturated rings. The SMILES string of the molecule is O=CCCc1ccc(I)c(Cl)c1. The molecule has 0 aliphatic carbocycles. The van der Waals surface area contributed by atoms with E-state index in [0.29, 0.717) is 6.42 Å². The molecule has 0 saturated carbocycles. The second kappa shape index (κ2) is 4.82. The van der Waals surface area contributed by atoms with E-state index in [2.05, 4.69) is 22.6 Å². The van der Waals surface area contributed by atoms with Gasteiger partial charge in [0.1, 0.15) is 6.29 Å². The van der Waals surface area contributed by atoms with Crippen molar-refractivity contribution in [2.75, 3.05) is 0 Å². The van der Waals surface area contributed by atoms with Gasteiger partial charge in [-0.15, -0.1) is 0 Å². The first-order chi connectivity index (χ1) is 5.74. The van der Waals surface area contributed by atoms with Gasteiger partial charge < -0.3 is 4.79 Å². The molecular weight excluding hydrogens is 286 g/mol. The van der Waals surface area contributed by atoms with E-state index in [1.165, 1.54) is 0 Å². The Morgan fingerprint density at radius 1 is 1.50 bits per heavy atom. The maximum Gasteiger partial charge on any atom is 0.120 e. The lowest BCUT2D eigenvalue weighted by molar-refractivity contribution is -0.107. The van der Waals surface area contributed by atoms with Crippen LogP contribution in [0.15, 0.2) is 18.2 Å². The van der Waals surface area contributed by atoms with Crippen molar-refractivity contribution in [2.24, 2.45) is 0 Å². The number of hydrogen-bond donors (Lipinski definition) is 0. The highest BCUT2D eigenvalue weighted by atomic mass is 127. The molecule has 0 spiro atoms. The van der Waals surface area contributed by atoms with Gasteiger partial charge in [0, 0.05) is 9.99 Å². The molecule has 0 radical (unpaired) electrons. The largest absolute Gasteiger partial charge is 0.303 e. The summed E-state index contributed by atoms with van der Waals surface area (Å²) in [6.45, 7) is 0. The minimum absolute atomic E-state index is 0.566. The van der Waals surface area contributed by atoms with Crippen molar-refractivity contribution in [1.82, 2.24) is 0 Å². The van der Waals surface area contributed by atoms with E-state index in [1.807, 2.05) is 18.2 Å². The summed E-state index contributed by atoms with van der Waals surface area (Å²) in [5, 5.41) is 0.763. The van der Waals surface area contributed by atoms with Crippen LogP contribution in [0.1, 0.15) is 12.0 Å². The van der Waals surface area contributed by atoms with Gasteiger partial charge in [-0.3, -0.25) is 0 Å². The number of benzene rings is 1. The highest BCUT2D eigenvalue weighted by Gasteiger charge is 1.97. The van der Waals surface area contributed by atoms with Crippen LogP contribution >= 0.6 is 34.2 Å². The zero-order valence-corrected chi connectivity index (χ0v) is 9.30. The van der Waals surface area contributed by atoms with E-state index in [0.717, 1.165) is 26.9 Å². The van der Waals surface area contributed by atoms with Crippen molar-refractivity contribution < 1.29 is 4.79 Å². The first-order valence-corrected chi connectivity index (χ1v) is 5.07. The van der Waals surface area contributed by atoms with Gasteiger partial charge in [0.05, 0.1) is 5.02 Å². The summed E-state index contributed by atoms with van der Waals surface area (Å²) in [4.78, 5) is 10.1. The van der Waals surface area contributed by atoms with Gasteiger partial charge in [-0.25, -0.2) is 0 Å². The Morgan fingerprint density at radius 2 is 2.25 bits per heavy atom. The smallest absolute Gasteiger partial charge is 0.120 e. The lowest BCUT2D eigenvalue weighted by Gasteiger charge is -1.99. The predicted octanol–water partition coefficient (Wildman–Crippen LogP) is 3.08. The van der Waals surface area contributed by atoms with Crippen LogP contribution in [0.2, 0.25) is 5.02 Å². The molecule has 0 saturated heterocycles. The van der Waals surface area contributed by atoms with Gasteiger partial charge >= 0.3 is 0 Å². The van der Waals surface area contributed by atoms with Crippen molar-refractivity contribution in [1.29, 1.82) is 0 Å². The predicted molar refractivity (Wildman–Crippen MR) is 58.6 cm³/mol. The van der Waals surface area contributed by atoms with Crippen LogP contribution in [0.3, 0.4) is 0 Å². The van der Waals surface area contributed by atoms with Crippen LogP contribution < -0.4 is 0 Å². The molecular formula is C9H8ClIO. The van der Waals surface area contributed by atoms with Crippen LogP contribution in [0.25, 0.3) is 0 Å². The lowest BCUT2D eigenvalue weighted by Crippen LogP contribution is -1.86. The molecule has 1 rings (SSSR count). The minimum atomic E-state index is 0.566. The molecule has 1 aromatic carbocycles. The standard InChI is InChI=1S/C9H8ClIO/c10-8-6-7(2-1-5-12)3-4-9(8)11/h3-6H,1-2H2. The molecule has 0 heterocycles. The van der Waals surface area contributed by atoms with E-state index in [1.54, 1.807) is 0 Å². The minimum Gasteiger partial charge on any atom is -0.303 e. The molecule has 3 heteroatoms. The van der Waals surface area contributed by atoms with E-state index in [-0.39, 0.29) is 0 Å². The topological polar surface area (TPSA) is 17.1 Å². The Kier molecular flexibility index (Phi) is 4.01. The van der Waals surface area contributed by atoms with Crippen LogP contribution in [0.4, 0.5) is 0 Å². The molecule has 0 atom stereocenters. The molecule has 0 aliphatic heterocycles. The van der Waals surface area contributed by atoms with Gasteiger partial charge in [-0.1, -0.05) is 17.7 Å². The Hall–Kier alpha value is -0.0900. The van der Waals surface area contributed by atoms with Crippen LogP contribution in [0, 0.1) is 3.57 Å². The molecule has 0 aromatic heterocycles. The number of aryl methyl sites for hydroxylation is 1. The summed E-state index contributed by atoms with van der Waals surface area (Å²) < 4.78 is 1.05. The van der Waals surface area contributed by atoms with Crippen molar-refractivity contribution in [3.8, 4) is 0 Å². The van der Waals surface area contributed by atoms with Crippen molar-refractivity contribution in [3.63, 3.8) is 0 Å². The van der Waals surface area contributed by atoms with Gasteiger partial charge in [-0.2, -0.15) is 0 Å². The van der Waals surface area contributed by atoms with E-state index in [9.17, 15) is 4.79 Å². The zero-order valence-electron chi connectivity index (χ0n) is 6.39. The fourth-order valence-electron chi connectivity index (χ4n) is 0.921. The number of hydrogen-bond acceptors (Lipinski definition) is 1. The second-order valence-corrected chi connectivity index (χ2v) is 4.02. The third-order valence-electron chi connectivity index (χ3n) is 1.53. The lowest BCUT2D eigenvalue weighted by atomic mass is 10.1. The fraction of sp³-hybridized carbons (Fsp3) is 0.222. The quantitative estimate of drug-likeness (QED) is 0.618. The van der Waals surface area contributed by atoms with Crippen LogP contribution in [0.5, 0.6) is 0 Å². The Bertz CT molecular complexity index is 286. The van der Waals surface area contributed by atoms with Gasteiger partial charge in [0.25, 0.3) is 0 Å². The molecule has 0 bridgehead atoms. The summed E-state index contributed by atoms with van der Waals surface area (Å²) in [7, 11) is 0. The Labute approximate surface area is 90.3 Å². The molecule has 12 heavy (non-hydrogen) atoms. The van der Waals surface area contributed by atoms with Gasteiger partial charge in [0.15, 0.2) is 0 Å². The molecule has 0 unspecified atom stereocenters. The highest BCUT2D eigenvalue weighted by Crippen LogP contribution is 2.19. The average Bonchev–Trinajstić information content (AvgIpc) is 2.07. The monoisotopic (exact) mass is 294 g/mol. The summed E-state index contributed by atoms with van der Waals surface area (Å²) in [5.74, 6) is 0. The average molecular weight is 295 g/mol. The normalized spacial score (nSPS) is 9.83. The first kappa shape index (κ1) is 9.99. The highest BCUT2D eigenvalue weighted by molar-refractivity contribution is 14.1.